The van der Waals surface area contributed by atoms with Crippen LogP contribution < -0.4 is 15.0 Å². The molecule has 7 heteroatoms. The summed E-state index contributed by atoms with van der Waals surface area (Å²) in [4.78, 5) is 31.5. The molecule has 1 aromatic heterocycles. The molecule has 158 valence electrons. The van der Waals surface area contributed by atoms with E-state index in [2.05, 4.69) is 26.2 Å². The zero-order valence-electron chi connectivity index (χ0n) is 17.0. The highest BCUT2D eigenvalue weighted by Gasteiger charge is 2.36. The predicted molar refractivity (Wildman–Crippen MR) is 123 cm³/mol. The number of nitrogens with zero attached hydrogens (tertiary/aromatic N) is 2. The second-order valence-electron chi connectivity index (χ2n) is 7.34. The van der Waals surface area contributed by atoms with Crippen LogP contribution in [0, 0.1) is 6.92 Å². The fraction of sp³-hybridized carbons (Fsp3) is 0.208. The molecule has 1 N–H and O–H groups in total. The molecule has 1 aliphatic rings. The number of carbonyl (C=O) groups excluding carboxylic acids is 2. The first-order valence-electron chi connectivity index (χ1n) is 10.1. The van der Waals surface area contributed by atoms with E-state index in [4.69, 9.17) is 4.74 Å². The van der Waals surface area contributed by atoms with Crippen molar-refractivity contribution in [2.24, 2.45) is 0 Å². The fourth-order valence-electron chi connectivity index (χ4n) is 3.50. The van der Waals surface area contributed by atoms with Gasteiger partial charge in [-0.2, -0.15) is 0 Å². The Kier molecular flexibility index (Phi) is 6.32. The van der Waals surface area contributed by atoms with Gasteiger partial charge in [-0.25, -0.2) is 4.98 Å². The van der Waals surface area contributed by atoms with Gasteiger partial charge in [-0.3, -0.25) is 14.5 Å². The lowest BCUT2D eigenvalue weighted by atomic mass is 10.1. The molecule has 0 saturated heterocycles. The van der Waals surface area contributed by atoms with Crippen LogP contribution in [0.2, 0.25) is 0 Å². The summed E-state index contributed by atoms with van der Waals surface area (Å²) in [6.07, 6.45) is 1.70. The van der Waals surface area contributed by atoms with Gasteiger partial charge in [-0.05, 0) is 49.2 Å². The minimum atomic E-state index is -0.725. The topological polar surface area (TPSA) is 71.5 Å². The highest BCUT2D eigenvalue weighted by atomic mass is 79.9. The van der Waals surface area contributed by atoms with E-state index in [-0.39, 0.29) is 18.2 Å². The Labute approximate surface area is 189 Å². The number of anilines is 2. The average Bonchev–Trinajstić information content (AvgIpc) is 2.78. The zero-order valence-corrected chi connectivity index (χ0v) is 18.6. The number of fused-ring (bicyclic) bond motifs is 1. The van der Waals surface area contributed by atoms with Crippen molar-refractivity contribution in [1.82, 2.24) is 4.98 Å². The first-order chi connectivity index (χ1) is 15.0. The molecule has 3 aromatic rings. The molecule has 0 radical (unpaired) electrons. The highest BCUT2D eigenvalue weighted by Crippen LogP contribution is 2.37. The third-order valence-electron chi connectivity index (χ3n) is 5.07. The molecule has 0 fully saturated rings. The van der Waals surface area contributed by atoms with Gasteiger partial charge in [-0.1, -0.05) is 46.3 Å². The van der Waals surface area contributed by atoms with E-state index in [1.165, 1.54) is 0 Å². The number of pyridine rings is 1. The molecule has 0 spiro atoms. The largest absolute Gasteiger partial charge is 0.472 e. The van der Waals surface area contributed by atoms with Crippen molar-refractivity contribution in [3.05, 3.63) is 82.5 Å². The van der Waals surface area contributed by atoms with Crippen molar-refractivity contribution in [1.29, 1.82) is 0 Å². The van der Waals surface area contributed by atoms with E-state index in [1.807, 2.05) is 55.5 Å². The molecular weight excluding hydrogens is 458 g/mol. The number of aromatic nitrogens is 1. The van der Waals surface area contributed by atoms with E-state index in [0.717, 1.165) is 21.3 Å². The molecule has 2 aromatic carbocycles. The summed E-state index contributed by atoms with van der Waals surface area (Å²) in [6.45, 7) is 2.35. The van der Waals surface area contributed by atoms with Gasteiger partial charge in [0, 0.05) is 34.9 Å². The molecule has 1 aliphatic heterocycles. The normalized spacial score (nSPS) is 15.2. The van der Waals surface area contributed by atoms with Gasteiger partial charge in [0.1, 0.15) is 0 Å². The van der Waals surface area contributed by atoms with Crippen molar-refractivity contribution >= 4 is 39.2 Å². The lowest BCUT2D eigenvalue weighted by Crippen LogP contribution is -2.42. The maximum Gasteiger partial charge on any atom is 0.274 e. The molecule has 1 atom stereocenters. The van der Waals surface area contributed by atoms with Crippen LogP contribution >= 0.6 is 15.9 Å². The number of hydrogen-bond donors (Lipinski definition) is 1. The van der Waals surface area contributed by atoms with Crippen LogP contribution in [0.3, 0.4) is 0 Å². The third kappa shape index (κ3) is 4.77. The number of nitrogens with one attached hydrogen (secondary N) is 1. The van der Waals surface area contributed by atoms with Crippen LogP contribution in [0.15, 0.2) is 71.3 Å². The Hall–Kier alpha value is -3.19. The second kappa shape index (κ2) is 9.31. The number of aryl methyl sites for hydroxylation is 1. The van der Waals surface area contributed by atoms with Crippen LogP contribution in [-0.4, -0.2) is 23.3 Å². The monoisotopic (exact) mass is 479 g/mol. The fourth-order valence-corrected chi connectivity index (χ4v) is 3.75. The number of hydrogen-bond acceptors (Lipinski definition) is 4. The van der Waals surface area contributed by atoms with Crippen LogP contribution in [0.1, 0.15) is 30.1 Å². The Morgan fingerprint density at radius 2 is 1.97 bits per heavy atom. The lowest BCUT2D eigenvalue weighted by Gasteiger charge is -2.33. The molecule has 0 saturated carbocycles. The quantitative estimate of drug-likeness (QED) is 0.537. The molecule has 6 nitrogen and oxygen atoms in total. The summed E-state index contributed by atoms with van der Waals surface area (Å²) in [6, 6.07) is 18.7. The maximum atomic E-state index is 13.2. The van der Waals surface area contributed by atoms with Crippen LogP contribution in [0.4, 0.5) is 11.5 Å². The number of carbonyl (C=O) groups is 2. The summed E-state index contributed by atoms with van der Waals surface area (Å²) < 4.78 is 6.95. The maximum absolute atomic E-state index is 13.2. The summed E-state index contributed by atoms with van der Waals surface area (Å²) in [5.41, 5.74) is 2.59. The van der Waals surface area contributed by atoms with Gasteiger partial charge in [0.25, 0.3) is 5.91 Å². The van der Waals surface area contributed by atoms with Gasteiger partial charge in [-0.15, -0.1) is 0 Å². The van der Waals surface area contributed by atoms with Gasteiger partial charge < -0.3 is 10.1 Å². The van der Waals surface area contributed by atoms with E-state index >= 15 is 0 Å². The number of rotatable bonds is 6. The van der Waals surface area contributed by atoms with Gasteiger partial charge >= 0.3 is 0 Å². The van der Waals surface area contributed by atoms with E-state index in [9.17, 15) is 9.59 Å². The SMILES string of the molecule is Cc1cc(NC(=O)CCCN2C(=O)[C@@H](c3ccccc3)Oc3cccnc32)ccc1Br. The molecule has 2 amide bonds. The number of ether oxygens (including phenoxy) is 1. The van der Waals surface area contributed by atoms with E-state index in [0.29, 0.717) is 24.5 Å². The summed E-state index contributed by atoms with van der Waals surface area (Å²) in [5.74, 6) is 0.777. The van der Waals surface area contributed by atoms with Crippen molar-refractivity contribution in [2.45, 2.75) is 25.9 Å². The average molecular weight is 480 g/mol. The number of benzene rings is 2. The van der Waals surface area contributed by atoms with Crippen molar-refractivity contribution in [3.63, 3.8) is 0 Å². The van der Waals surface area contributed by atoms with Gasteiger partial charge in [0.2, 0.25) is 12.0 Å². The smallest absolute Gasteiger partial charge is 0.274 e. The van der Waals surface area contributed by atoms with Crippen molar-refractivity contribution in [3.8, 4) is 5.75 Å². The summed E-state index contributed by atoms with van der Waals surface area (Å²) >= 11 is 3.46. The highest BCUT2D eigenvalue weighted by molar-refractivity contribution is 9.10. The predicted octanol–water partition coefficient (Wildman–Crippen LogP) is 5.04. The standard InChI is InChI=1S/C24H22BrN3O3/c1-16-15-18(11-12-19(16)25)27-21(29)10-6-14-28-23-20(9-5-13-26-23)31-22(24(28)30)17-7-3-2-4-8-17/h2-5,7-9,11-13,15,22H,6,10,14H2,1H3,(H,27,29)/t22-/m1/s1. The molecule has 0 bridgehead atoms. The first kappa shape index (κ1) is 21.1. The Balaban J connectivity index is 1.43. The van der Waals surface area contributed by atoms with Crippen molar-refractivity contribution in [2.75, 3.05) is 16.8 Å². The zero-order chi connectivity index (χ0) is 21.8. The third-order valence-corrected chi connectivity index (χ3v) is 5.96. The van der Waals surface area contributed by atoms with E-state index < -0.39 is 6.10 Å². The Morgan fingerprint density at radius 1 is 1.16 bits per heavy atom. The van der Waals surface area contributed by atoms with Crippen molar-refractivity contribution < 1.29 is 14.3 Å². The molecule has 2 heterocycles. The number of amides is 2. The molecule has 0 aliphatic carbocycles. The summed E-state index contributed by atoms with van der Waals surface area (Å²) in [5, 5.41) is 2.91. The summed E-state index contributed by atoms with van der Waals surface area (Å²) in [7, 11) is 0. The van der Waals surface area contributed by atoms with Gasteiger partial charge in [0.05, 0.1) is 0 Å². The number of halogens is 1. The first-order valence-corrected chi connectivity index (χ1v) is 10.9. The molecular formula is C24H22BrN3O3. The van der Waals surface area contributed by atoms with Crippen LogP contribution in [-0.2, 0) is 9.59 Å². The van der Waals surface area contributed by atoms with E-state index in [1.54, 1.807) is 23.2 Å². The molecule has 0 unspecified atom stereocenters. The molecule has 4 rings (SSSR count). The lowest BCUT2D eigenvalue weighted by molar-refractivity contribution is -0.127. The minimum absolute atomic E-state index is 0.0942. The Bertz CT molecular complexity index is 1100. The van der Waals surface area contributed by atoms with Gasteiger partial charge in [0.15, 0.2) is 11.6 Å². The Morgan fingerprint density at radius 3 is 2.74 bits per heavy atom. The van der Waals surface area contributed by atoms with Crippen LogP contribution in [0.5, 0.6) is 5.75 Å². The second-order valence-corrected chi connectivity index (χ2v) is 8.19. The van der Waals surface area contributed by atoms with Crippen LogP contribution in [0.25, 0.3) is 0 Å². The molecule has 31 heavy (non-hydrogen) atoms. The minimum Gasteiger partial charge on any atom is -0.472 e.